The molecule has 2 fully saturated rings. The predicted molar refractivity (Wildman–Crippen MR) is 101 cm³/mol. The molecule has 0 radical (unpaired) electrons. The van der Waals surface area contributed by atoms with Crippen molar-refractivity contribution >= 4 is 27.2 Å². The predicted octanol–water partition coefficient (Wildman–Crippen LogP) is 2.84. The lowest BCUT2D eigenvalue weighted by Gasteiger charge is -2.23. The number of nitrogens with zero attached hydrogens (tertiary/aromatic N) is 2. The smallest absolute Gasteiger partial charge is 0.329 e. The van der Waals surface area contributed by atoms with Crippen molar-refractivity contribution in [1.29, 1.82) is 0 Å². The van der Waals surface area contributed by atoms with Gasteiger partial charge in [0.2, 0.25) is 0 Å². The van der Waals surface area contributed by atoms with Crippen LogP contribution in [0.25, 0.3) is 0 Å². The number of sulfone groups is 1. The van der Waals surface area contributed by atoms with Crippen molar-refractivity contribution in [2.45, 2.75) is 19.0 Å². The topological polar surface area (TPSA) is 66.9 Å². The summed E-state index contributed by atoms with van der Waals surface area (Å²) in [5.41, 5.74) is 1.10. The lowest BCUT2D eigenvalue weighted by atomic mass is 10.1. The van der Waals surface area contributed by atoms with Crippen LogP contribution < -0.4 is 14.5 Å². The lowest BCUT2D eigenvalue weighted by Crippen LogP contribution is -2.37. The summed E-state index contributed by atoms with van der Waals surface area (Å²) in [6.45, 7) is 2.41. The molecule has 0 aliphatic carbocycles. The highest BCUT2D eigenvalue weighted by atomic mass is 32.2. The fourth-order valence-electron chi connectivity index (χ4n) is 3.78. The van der Waals surface area contributed by atoms with Crippen molar-refractivity contribution in [1.82, 2.24) is 0 Å². The third-order valence-electron chi connectivity index (χ3n) is 4.90. The quantitative estimate of drug-likeness (QED) is 0.753. The van der Waals surface area contributed by atoms with Crippen molar-refractivity contribution in [2.24, 2.45) is 0 Å². The Bertz CT molecular complexity index is 960. The molecule has 6 nitrogen and oxygen atoms in total. The van der Waals surface area contributed by atoms with Crippen LogP contribution in [0.5, 0.6) is 5.75 Å². The van der Waals surface area contributed by atoms with Crippen LogP contribution in [0.15, 0.2) is 48.5 Å². The Kier molecular flexibility index (Phi) is 4.30. The highest BCUT2D eigenvalue weighted by Crippen LogP contribution is 2.38. The minimum atomic E-state index is -3.27. The summed E-state index contributed by atoms with van der Waals surface area (Å²) in [5, 5.41) is 0. The van der Waals surface area contributed by atoms with Gasteiger partial charge in [-0.2, -0.15) is 0 Å². The minimum absolute atomic E-state index is 0.0890. The number of rotatable bonds is 4. The summed E-state index contributed by atoms with van der Waals surface area (Å²) in [7, 11) is -3.27. The van der Waals surface area contributed by atoms with E-state index >= 15 is 0 Å². The van der Waals surface area contributed by atoms with Crippen molar-refractivity contribution in [3.05, 3.63) is 54.3 Å². The fourth-order valence-corrected chi connectivity index (χ4v) is 5.70. The highest BCUT2D eigenvalue weighted by Gasteiger charge is 2.54. The average Bonchev–Trinajstić information content (AvgIpc) is 3.06. The molecule has 0 N–H and O–H groups in total. The fraction of sp³-hybridized carbons (Fsp3) is 0.316. The van der Waals surface area contributed by atoms with E-state index in [2.05, 4.69) is 0 Å². The molecular formula is C19H19FN2O4S. The summed E-state index contributed by atoms with van der Waals surface area (Å²) < 4.78 is 43.2. The standard InChI is InChI=1S/C19H19FN2O4S/c1-2-26-16-9-7-15(8-10-16)22-18-12-27(24,25)11-17(18)21(19(22)23)14-5-3-13(20)4-6-14/h3-10,17-18H,2,11-12H2,1H3/t17-,18+/m0/s1. The van der Waals surface area contributed by atoms with Crippen LogP contribution in [0.4, 0.5) is 20.6 Å². The van der Waals surface area contributed by atoms with Crippen molar-refractivity contribution in [2.75, 3.05) is 27.9 Å². The van der Waals surface area contributed by atoms with Crippen LogP contribution in [-0.2, 0) is 9.84 Å². The average molecular weight is 390 g/mol. The van der Waals surface area contributed by atoms with E-state index in [9.17, 15) is 17.6 Å². The van der Waals surface area contributed by atoms with E-state index < -0.39 is 27.7 Å². The van der Waals surface area contributed by atoms with Crippen molar-refractivity contribution < 1.29 is 22.3 Å². The molecule has 142 valence electrons. The molecule has 2 aromatic rings. The molecule has 2 atom stereocenters. The number of halogens is 1. The van der Waals surface area contributed by atoms with Crippen molar-refractivity contribution in [3.8, 4) is 5.75 Å². The SMILES string of the molecule is CCOc1ccc(N2C(=O)N(c3ccc(F)cc3)[C@H]3CS(=O)(=O)C[C@H]32)cc1. The van der Waals surface area contributed by atoms with E-state index in [1.165, 1.54) is 34.1 Å². The molecule has 27 heavy (non-hydrogen) atoms. The number of urea groups is 1. The van der Waals surface area contributed by atoms with Crippen LogP contribution in [0.1, 0.15) is 6.92 Å². The second-order valence-electron chi connectivity index (χ2n) is 6.64. The van der Waals surface area contributed by atoms with Gasteiger partial charge >= 0.3 is 6.03 Å². The molecule has 8 heteroatoms. The van der Waals surface area contributed by atoms with Gasteiger partial charge in [0.05, 0.1) is 30.2 Å². The van der Waals surface area contributed by atoms with Crippen LogP contribution in [0, 0.1) is 5.82 Å². The van der Waals surface area contributed by atoms with Gasteiger partial charge in [0, 0.05) is 11.4 Å². The largest absolute Gasteiger partial charge is 0.494 e. The molecular weight excluding hydrogens is 371 g/mol. The van der Waals surface area contributed by atoms with E-state index in [0.717, 1.165) is 0 Å². The summed E-state index contributed by atoms with van der Waals surface area (Å²) in [4.78, 5) is 16.1. The Morgan fingerprint density at radius 1 is 0.963 bits per heavy atom. The zero-order chi connectivity index (χ0) is 19.2. The number of anilines is 2. The van der Waals surface area contributed by atoms with Gasteiger partial charge in [-0.1, -0.05) is 0 Å². The van der Waals surface area contributed by atoms with E-state index in [1.54, 1.807) is 24.3 Å². The third kappa shape index (κ3) is 3.14. The third-order valence-corrected chi connectivity index (χ3v) is 6.60. The lowest BCUT2D eigenvalue weighted by molar-refractivity contribution is 0.255. The van der Waals surface area contributed by atoms with Gasteiger partial charge in [-0.3, -0.25) is 9.80 Å². The molecule has 0 unspecified atom stereocenters. The Balaban J connectivity index is 1.73. The molecule has 0 saturated carbocycles. The van der Waals surface area contributed by atoms with E-state index in [-0.39, 0.29) is 17.5 Å². The van der Waals surface area contributed by atoms with Gasteiger partial charge in [-0.15, -0.1) is 0 Å². The first-order valence-corrected chi connectivity index (χ1v) is 10.5. The normalized spacial score (nSPS) is 23.6. The van der Waals surface area contributed by atoms with E-state index in [4.69, 9.17) is 4.74 Å². The molecule has 2 aliphatic heterocycles. The maximum absolute atomic E-state index is 13.3. The number of amides is 2. The Hall–Kier alpha value is -2.61. The van der Waals surface area contributed by atoms with Gasteiger partial charge in [-0.05, 0) is 55.5 Å². The Morgan fingerprint density at radius 3 is 1.93 bits per heavy atom. The monoisotopic (exact) mass is 390 g/mol. The van der Waals surface area contributed by atoms with Crippen LogP contribution in [0.3, 0.4) is 0 Å². The molecule has 0 bridgehead atoms. The van der Waals surface area contributed by atoms with Gasteiger partial charge in [0.25, 0.3) is 0 Å². The van der Waals surface area contributed by atoms with E-state index in [1.807, 2.05) is 6.92 Å². The highest BCUT2D eigenvalue weighted by molar-refractivity contribution is 7.91. The summed E-state index contributed by atoms with van der Waals surface area (Å²) >= 11 is 0. The summed E-state index contributed by atoms with van der Waals surface area (Å²) in [5.74, 6) is 0.0750. The molecule has 2 heterocycles. The molecule has 2 aliphatic rings. The van der Waals surface area contributed by atoms with Gasteiger partial charge in [-0.25, -0.2) is 17.6 Å². The number of carbonyl (C=O) groups is 1. The van der Waals surface area contributed by atoms with Gasteiger partial charge < -0.3 is 4.74 Å². The summed E-state index contributed by atoms with van der Waals surface area (Å²) in [6.07, 6.45) is 0. The van der Waals surface area contributed by atoms with Gasteiger partial charge in [0.1, 0.15) is 11.6 Å². The second kappa shape index (κ2) is 6.53. The number of hydrogen-bond donors (Lipinski definition) is 0. The molecule has 0 spiro atoms. The maximum Gasteiger partial charge on any atom is 0.329 e. The molecule has 2 aromatic carbocycles. The first-order valence-electron chi connectivity index (χ1n) is 8.71. The Morgan fingerprint density at radius 2 is 1.44 bits per heavy atom. The van der Waals surface area contributed by atoms with Crippen LogP contribution in [0.2, 0.25) is 0 Å². The number of fused-ring (bicyclic) bond motifs is 1. The van der Waals surface area contributed by atoms with Crippen LogP contribution >= 0.6 is 0 Å². The minimum Gasteiger partial charge on any atom is -0.494 e. The summed E-state index contributed by atoms with van der Waals surface area (Å²) in [6, 6.07) is 11.2. The number of carbonyl (C=O) groups excluding carboxylic acids is 1. The zero-order valence-corrected chi connectivity index (χ0v) is 15.5. The molecule has 0 aromatic heterocycles. The Labute approximate surface area is 157 Å². The van der Waals surface area contributed by atoms with Crippen molar-refractivity contribution in [3.63, 3.8) is 0 Å². The number of benzene rings is 2. The zero-order valence-electron chi connectivity index (χ0n) is 14.7. The molecule has 4 rings (SSSR count). The number of ether oxygens (including phenoxy) is 1. The molecule has 2 saturated heterocycles. The second-order valence-corrected chi connectivity index (χ2v) is 8.79. The first kappa shape index (κ1) is 17.8. The molecule has 2 amide bonds. The van der Waals surface area contributed by atoms with E-state index in [0.29, 0.717) is 23.7 Å². The number of hydrogen-bond acceptors (Lipinski definition) is 4. The van der Waals surface area contributed by atoms with Gasteiger partial charge in [0.15, 0.2) is 9.84 Å². The maximum atomic E-state index is 13.3. The van der Waals surface area contributed by atoms with Crippen LogP contribution in [-0.4, -0.2) is 44.6 Å². The first-order chi connectivity index (χ1) is 12.9.